The molecule has 12 heteroatoms. The minimum absolute atomic E-state index is 0.00476. The predicted molar refractivity (Wildman–Crippen MR) is 129 cm³/mol. The van der Waals surface area contributed by atoms with Crippen LogP contribution >= 0.6 is 0 Å². The van der Waals surface area contributed by atoms with Crippen molar-refractivity contribution >= 4 is 28.7 Å². The van der Waals surface area contributed by atoms with E-state index >= 15 is 0 Å². The molecule has 0 radical (unpaired) electrons. The molecule has 3 heterocycles. The van der Waals surface area contributed by atoms with Crippen LogP contribution in [0, 0.1) is 10.1 Å². The summed E-state index contributed by atoms with van der Waals surface area (Å²) in [6.45, 7) is 4.22. The van der Waals surface area contributed by atoms with Gasteiger partial charge in [-0.2, -0.15) is 0 Å². The molecule has 2 amide bonds. The van der Waals surface area contributed by atoms with Crippen LogP contribution in [0.25, 0.3) is 11.0 Å². The number of hydrogen-bond acceptors (Lipinski definition) is 8. The smallest absolute Gasteiger partial charge is 0.410 e. The third kappa shape index (κ3) is 5.13. The molecule has 1 aromatic heterocycles. The van der Waals surface area contributed by atoms with E-state index < -0.39 is 4.92 Å². The Morgan fingerprint density at radius 1 is 1.00 bits per heavy atom. The number of aromatic nitrogens is 3. The number of hydrogen-bond donors (Lipinski definition) is 1. The lowest BCUT2D eigenvalue weighted by Gasteiger charge is -2.42. The van der Waals surface area contributed by atoms with Crippen LogP contribution in [-0.2, 0) is 11.3 Å². The third-order valence-electron chi connectivity index (χ3n) is 6.92. The van der Waals surface area contributed by atoms with Gasteiger partial charge in [0, 0.05) is 63.0 Å². The van der Waals surface area contributed by atoms with Crippen LogP contribution in [0.5, 0.6) is 0 Å². The van der Waals surface area contributed by atoms with E-state index in [0.717, 1.165) is 31.4 Å². The molecule has 0 atom stereocenters. The lowest BCUT2D eigenvalue weighted by molar-refractivity contribution is -0.384. The molecule has 2 aromatic carbocycles. The summed E-state index contributed by atoms with van der Waals surface area (Å²) in [5.74, 6) is 0.00476. The fourth-order valence-corrected chi connectivity index (χ4v) is 4.81. The van der Waals surface area contributed by atoms with Crippen molar-refractivity contribution in [1.29, 1.82) is 0 Å². The molecule has 2 aliphatic heterocycles. The summed E-state index contributed by atoms with van der Waals surface area (Å²) in [5.41, 5.74) is 2.81. The van der Waals surface area contributed by atoms with Crippen molar-refractivity contribution in [3.05, 3.63) is 63.7 Å². The minimum Gasteiger partial charge on any atom is -0.445 e. The molecule has 5 rings (SSSR count). The zero-order valence-electron chi connectivity index (χ0n) is 19.7. The molecule has 0 spiro atoms. The monoisotopic (exact) mass is 493 g/mol. The van der Waals surface area contributed by atoms with Crippen LogP contribution in [0.3, 0.4) is 0 Å². The highest BCUT2D eigenvalue weighted by Crippen LogP contribution is 2.21. The van der Waals surface area contributed by atoms with E-state index in [1.54, 1.807) is 29.2 Å². The number of piperazine rings is 1. The van der Waals surface area contributed by atoms with Gasteiger partial charge in [0.25, 0.3) is 11.6 Å². The second-order valence-electron chi connectivity index (χ2n) is 9.07. The quantitative estimate of drug-likeness (QED) is 0.423. The number of rotatable bonds is 5. The van der Waals surface area contributed by atoms with Gasteiger partial charge in [-0.05, 0) is 48.7 Å². The molecule has 2 fully saturated rings. The van der Waals surface area contributed by atoms with Crippen molar-refractivity contribution in [2.75, 3.05) is 39.3 Å². The van der Waals surface area contributed by atoms with Crippen molar-refractivity contribution in [2.24, 2.45) is 0 Å². The summed E-state index contributed by atoms with van der Waals surface area (Å²) in [5, 5.41) is 21.3. The zero-order valence-corrected chi connectivity index (χ0v) is 19.7. The van der Waals surface area contributed by atoms with Gasteiger partial charge in [-0.1, -0.05) is 5.21 Å². The first-order valence-electron chi connectivity index (χ1n) is 12.0. The Bertz CT molecular complexity index is 1250. The lowest BCUT2D eigenvalue weighted by Crippen LogP contribution is -2.54. The summed E-state index contributed by atoms with van der Waals surface area (Å²) in [6, 6.07) is 11.7. The Hall–Kier alpha value is -4.06. The van der Waals surface area contributed by atoms with Crippen molar-refractivity contribution in [3.8, 4) is 0 Å². The first-order chi connectivity index (χ1) is 17.5. The standard InChI is InChI=1S/C24H27N7O5/c32-23(18-3-6-21-22(15-18)26-27-25-21)29-13-11-28(12-14-29)19-7-9-30(10-8-19)24(33)36-16-17-1-4-20(5-2-17)31(34)35/h1-6,15,19H,7-14,16H2,(H,25,26,27). The highest BCUT2D eigenvalue weighted by Gasteiger charge is 2.31. The number of likely N-dealkylation sites (tertiary alicyclic amines) is 1. The maximum Gasteiger partial charge on any atom is 0.410 e. The van der Waals surface area contributed by atoms with Crippen molar-refractivity contribution in [3.63, 3.8) is 0 Å². The number of nitrogens with zero attached hydrogens (tertiary/aromatic N) is 6. The molecule has 0 aliphatic carbocycles. The topological polar surface area (TPSA) is 138 Å². The molecule has 12 nitrogen and oxygen atoms in total. The van der Waals surface area contributed by atoms with Crippen LogP contribution in [-0.4, -0.2) is 92.3 Å². The van der Waals surface area contributed by atoms with E-state index in [9.17, 15) is 19.7 Å². The Kier molecular flexibility index (Phi) is 6.76. The van der Waals surface area contributed by atoms with Crippen molar-refractivity contribution < 1.29 is 19.2 Å². The normalized spacial score (nSPS) is 17.3. The summed E-state index contributed by atoms with van der Waals surface area (Å²) >= 11 is 0. The number of H-pyrrole nitrogens is 1. The number of nitro benzene ring substituents is 1. The average molecular weight is 494 g/mol. The molecular formula is C24H27N7O5. The van der Waals surface area contributed by atoms with E-state index in [-0.39, 0.29) is 24.3 Å². The van der Waals surface area contributed by atoms with Gasteiger partial charge in [-0.3, -0.25) is 24.9 Å². The molecule has 1 N–H and O–H groups in total. The van der Waals surface area contributed by atoms with Crippen LogP contribution in [0.4, 0.5) is 10.5 Å². The zero-order chi connectivity index (χ0) is 25.1. The lowest BCUT2D eigenvalue weighted by atomic mass is 10.0. The Morgan fingerprint density at radius 2 is 1.72 bits per heavy atom. The molecule has 2 aliphatic rings. The highest BCUT2D eigenvalue weighted by molar-refractivity contribution is 5.97. The predicted octanol–water partition coefficient (Wildman–Crippen LogP) is 2.43. The maximum atomic E-state index is 12.9. The number of non-ortho nitro benzene ring substituents is 1. The van der Waals surface area contributed by atoms with Crippen LogP contribution in [0.2, 0.25) is 0 Å². The molecule has 0 bridgehead atoms. The number of benzene rings is 2. The SMILES string of the molecule is O=C(OCc1ccc([N+](=O)[O-])cc1)N1CCC(N2CCN(C(=O)c3ccc4[nH]nnc4c3)CC2)CC1. The van der Waals surface area contributed by atoms with Gasteiger partial charge in [0.1, 0.15) is 12.1 Å². The number of aromatic amines is 1. The van der Waals surface area contributed by atoms with Crippen LogP contribution < -0.4 is 0 Å². The first-order valence-corrected chi connectivity index (χ1v) is 12.0. The van der Waals surface area contributed by atoms with Crippen molar-refractivity contribution in [2.45, 2.75) is 25.5 Å². The Balaban J connectivity index is 1.05. The maximum absolute atomic E-state index is 12.9. The fraction of sp³-hybridized carbons (Fsp3) is 0.417. The van der Waals surface area contributed by atoms with E-state index in [1.807, 2.05) is 11.0 Å². The van der Waals surface area contributed by atoms with Gasteiger partial charge in [0.2, 0.25) is 0 Å². The molecule has 2 saturated heterocycles. The van der Waals surface area contributed by atoms with E-state index in [2.05, 4.69) is 20.3 Å². The Morgan fingerprint density at radius 3 is 2.42 bits per heavy atom. The first kappa shape index (κ1) is 23.7. The number of carbonyl (C=O) groups excluding carboxylic acids is 2. The molecule has 0 unspecified atom stereocenters. The number of nitrogens with one attached hydrogen (secondary N) is 1. The number of fused-ring (bicyclic) bond motifs is 1. The van der Waals surface area contributed by atoms with E-state index in [0.29, 0.717) is 48.9 Å². The second-order valence-corrected chi connectivity index (χ2v) is 9.07. The van der Waals surface area contributed by atoms with Crippen molar-refractivity contribution in [1.82, 2.24) is 30.1 Å². The highest BCUT2D eigenvalue weighted by atomic mass is 16.6. The van der Waals surface area contributed by atoms with Gasteiger partial charge in [-0.15, -0.1) is 5.10 Å². The molecule has 0 saturated carbocycles. The summed E-state index contributed by atoms with van der Waals surface area (Å²) in [6.07, 6.45) is 1.33. The molecule has 188 valence electrons. The minimum atomic E-state index is -0.461. The fourth-order valence-electron chi connectivity index (χ4n) is 4.81. The summed E-state index contributed by atoms with van der Waals surface area (Å²) in [4.78, 5) is 41.7. The average Bonchev–Trinajstić information content (AvgIpc) is 3.40. The third-order valence-corrected chi connectivity index (χ3v) is 6.92. The molecule has 3 aromatic rings. The van der Waals surface area contributed by atoms with Gasteiger partial charge in [0.15, 0.2) is 0 Å². The summed E-state index contributed by atoms with van der Waals surface area (Å²) < 4.78 is 5.40. The van der Waals surface area contributed by atoms with Gasteiger partial charge < -0.3 is 14.5 Å². The second kappa shape index (κ2) is 10.3. The number of piperidine rings is 1. The molecular weight excluding hydrogens is 466 g/mol. The van der Waals surface area contributed by atoms with Gasteiger partial charge in [-0.25, -0.2) is 4.79 Å². The number of ether oxygens (including phenoxy) is 1. The van der Waals surface area contributed by atoms with E-state index in [1.165, 1.54) is 12.1 Å². The number of carbonyl (C=O) groups is 2. The Labute approximate surface area is 206 Å². The summed E-state index contributed by atoms with van der Waals surface area (Å²) in [7, 11) is 0. The van der Waals surface area contributed by atoms with Gasteiger partial charge in [0.05, 0.1) is 10.4 Å². The largest absolute Gasteiger partial charge is 0.445 e. The number of nitro groups is 1. The van der Waals surface area contributed by atoms with E-state index in [4.69, 9.17) is 4.74 Å². The number of amides is 2. The van der Waals surface area contributed by atoms with Crippen LogP contribution in [0.1, 0.15) is 28.8 Å². The molecule has 36 heavy (non-hydrogen) atoms. The van der Waals surface area contributed by atoms with Gasteiger partial charge >= 0.3 is 6.09 Å². The van der Waals surface area contributed by atoms with Crippen LogP contribution in [0.15, 0.2) is 42.5 Å².